The van der Waals surface area contributed by atoms with Gasteiger partial charge in [0.05, 0.1) is 29.5 Å². The molecule has 5 nitrogen and oxygen atoms in total. The van der Waals surface area contributed by atoms with Gasteiger partial charge in [-0.05, 0) is 18.6 Å². The van der Waals surface area contributed by atoms with Crippen LogP contribution in [0.5, 0.6) is 0 Å². The Bertz CT molecular complexity index is 709. The minimum atomic E-state index is -0.0849. The second-order valence-electron chi connectivity index (χ2n) is 4.58. The molecule has 0 aromatic carbocycles. The Hall–Kier alpha value is -1.79. The van der Waals surface area contributed by atoms with Crippen LogP contribution in [-0.4, -0.2) is 25.0 Å². The van der Waals surface area contributed by atoms with Gasteiger partial charge >= 0.3 is 0 Å². The third kappa shape index (κ3) is 3.28. The molecule has 21 heavy (non-hydrogen) atoms. The van der Waals surface area contributed by atoms with Crippen molar-refractivity contribution in [1.82, 2.24) is 25.0 Å². The highest BCUT2D eigenvalue weighted by atomic mass is 35.5. The molecule has 0 radical (unpaired) electrons. The fraction of sp³-hybridized carbons (Fsp3) is 0.286. The first-order valence-electron chi connectivity index (χ1n) is 6.66. The first kappa shape index (κ1) is 14.2. The van der Waals surface area contributed by atoms with Crippen LogP contribution in [0.15, 0.2) is 36.0 Å². The Kier molecular flexibility index (Phi) is 4.26. The molecule has 0 N–H and O–H groups in total. The highest BCUT2D eigenvalue weighted by molar-refractivity contribution is 7.13. The van der Waals surface area contributed by atoms with Crippen molar-refractivity contribution in [3.05, 3.63) is 47.4 Å². The summed E-state index contributed by atoms with van der Waals surface area (Å²) in [5, 5.41) is 11.0. The first-order valence-corrected chi connectivity index (χ1v) is 7.97. The van der Waals surface area contributed by atoms with Crippen molar-refractivity contribution in [1.29, 1.82) is 0 Å². The van der Waals surface area contributed by atoms with E-state index in [1.807, 2.05) is 36.7 Å². The van der Waals surface area contributed by atoms with Gasteiger partial charge in [-0.15, -0.1) is 28.0 Å². The summed E-state index contributed by atoms with van der Waals surface area (Å²) >= 11 is 7.73. The third-order valence-corrected chi connectivity index (χ3v) is 4.44. The van der Waals surface area contributed by atoms with Crippen molar-refractivity contribution in [3.63, 3.8) is 0 Å². The van der Waals surface area contributed by atoms with E-state index in [4.69, 9.17) is 11.6 Å². The maximum absolute atomic E-state index is 6.15. The van der Waals surface area contributed by atoms with Gasteiger partial charge in [0.2, 0.25) is 0 Å². The number of alkyl halides is 1. The Morgan fingerprint density at radius 3 is 3.05 bits per heavy atom. The van der Waals surface area contributed by atoms with Crippen molar-refractivity contribution in [2.75, 3.05) is 0 Å². The van der Waals surface area contributed by atoms with Crippen LogP contribution in [0.3, 0.4) is 0 Å². The molecule has 108 valence electrons. The number of hydrogen-bond donors (Lipinski definition) is 0. The van der Waals surface area contributed by atoms with Crippen molar-refractivity contribution in [2.45, 2.75) is 25.3 Å². The van der Waals surface area contributed by atoms with E-state index in [9.17, 15) is 0 Å². The molecule has 0 spiro atoms. The van der Waals surface area contributed by atoms with Crippen LogP contribution in [-0.2, 0) is 6.54 Å². The van der Waals surface area contributed by atoms with E-state index in [0.717, 1.165) is 28.5 Å². The predicted molar refractivity (Wildman–Crippen MR) is 83.4 cm³/mol. The van der Waals surface area contributed by atoms with Gasteiger partial charge < -0.3 is 0 Å². The van der Waals surface area contributed by atoms with Crippen LogP contribution in [0, 0.1) is 0 Å². The van der Waals surface area contributed by atoms with Crippen LogP contribution in [0.25, 0.3) is 10.7 Å². The molecule has 0 bridgehead atoms. The van der Waals surface area contributed by atoms with E-state index >= 15 is 0 Å². The van der Waals surface area contributed by atoms with Crippen molar-refractivity contribution < 1.29 is 0 Å². The lowest BCUT2D eigenvalue weighted by Gasteiger charge is -1.99. The minimum absolute atomic E-state index is 0.0849. The number of nitrogens with zero attached hydrogens (tertiary/aromatic N) is 5. The lowest BCUT2D eigenvalue weighted by Crippen LogP contribution is -2.00. The van der Waals surface area contributed by atoms with Crippen molar-refractivity contribution in [3.8, 4) is 10.7 Å². The molecule has 3 aromatic heterocycles. The van der Waals surface area contributed by atoms with Crippen molar-refractivity contribution >= 4 is 22.9 Å². The molecular formula is C14H14ClN5S. The molecule has 0 fully saturated rings. The molecule has 0 amide bonds. The Morgan fingerprint density at radius 2 is 2.29 bits per heavy atom. The first-order chi connectivity index (χ1) is 10.3. The summed E-state index contributed by atoms with van der Waals surface area (Å²) in [6, 6.07) is 5.80. The van der Waals surface area contributed by atoms with Crippen LogP contribution in [0.1, 0.15) is 30.1 Å². The monoisotopic (exact) mass is 319 g/mol. The zero-order valence-electron chi connectivity index (χ0n) is 11.5. The number of aromatic nitrogens is 5. The third-order valence-electron chi connectivity index (χ3n) is 3.00. The summed E-state index contributed by atoms with van der Waals surface area (Å²) in [7, 11) is 0. The normalized spacial score (nSPS) is 12.5. The predicted octanol–water partition coefficient (Wildman–Crippen LogP) is 3.53. The van der Waals surface area contributed by atoms with Gasteiger partial charge in [-0.2, -0.15) is 0 Å². The van der Waals surface area contributed by atoms with Gasteiger partial charge in [0, 0.05) is 11.6 Å². The second kappa shape index (κ2) is 6.32. The highest BCUT2D eigenvalue weighted by Crippen LogP contribution is 2.23. The van der Waals surface area contributed by atoms with E-state index in [2.05, 4.69) is 20.3 Å². The molecule has 1 unspecified atom stereocenters. The molecule has 0 aliphatic heterocycles. The standard InChI is InChI=1S/C14H14ClN5S/c1-2-11(15)13-8-20(19-18-13)7-10-9-21-14(17-10)12-5-3-4-6-16-12/h3-6,8-9,11H,2,7H2,1H3. The smallest absolute Gasteiger partial charge is 0.142 e. The maximum atomic E-state index is 6.15. The molecule has 3 rings (SSSR count). The molecule has 7 heteroatoms. The fourth-order valence-corrected chi connectivity index (χ4v) is 2.78. The summed E-state index contributed by atoms with van der Waals surface area (Å²) in [4.78, 5) is 8.89. The topological polar surface area (TPSA) is 56.5 Å². The van der Waals surface area contributed by atoms with E-state index in [1.54, 1.807) is 22.2 Å². The number of rotatable bonds is 5. The summed E-state index contributed by atoms with van der Waals surface area (Å²) in [5.41, 5.74) is 2.64. The lowest BCUT2D eigenvalue weighted by molar-refractivity contribution is 0.640. The average molecular weight is 320 g/mol. The molecule has 3 aromatic rings. The molecular weight excluding hydrogens is 306 g/mol. The Balaban J connectivity index is 1.74. The maximum Gasteiger partial charge on any atom is 0.142 e. The SMILES string of the molecule is CCC(Cl)c1cn(Cc2csc(-c3ccccn3)n2)nn1. The van der Waals surface area contributed by atoms with Crippen LogP contribution in [0.4, 0.5) is 0 Å². The lowest BCUT2D eigenvalue weighted by atomic mass is 10.3. The summed E-state index contributed by atoms with van der Waals surface area (Å²) < 4.78 is 1.76. The molecule has 0 saturated heterocycles. The fourth-order valence-electron chi connectivity index (χ4n) is 1.90. The molecule has 0 aliphatic rings. The summed E-state index contributed by atoms with van der Waals surface area (Å²) in [6.07, 6.45) is 4.48. The summed E-state index contributed by atoms with van der Waals surface area (Å²) in [5.74, 6) is 0. The quantitative estimate of drug-likeness (QED) is 0.675. The molecule has 3 heterocycles. The highest BCUT2D eigenvalue weighted by Gasteiger charge is 2.11. The number of thiazole rings is 1. The van der Waals surface area contributed by atoms with Crippen molar-refractivity contribution in [2.24, 2.45) is 0 Å². The summed E-state index contributed by atoms with van der Waals surface area (Å²) in [6.45, 7) is 2.61. The number of hydrogen-bond acceptors (Lipinski definition) is 5. The van der Waals surface area contributed by atoms with Gasteiger partial charge in [-0.25, -0.2) is 9.67 Å². The largest absolute Gasteiger partial charge is 0.254 e. The van der Waals surface area contributed by atoms with Crippen LogP contribution >= 0.6 is 22.9 Å². The zero-order valence-corrected chi connectivity index (χ0v) is 13.1. The van der Waals surface area contributed by atoms with E-state index in [0.29, 0.717) is 6.54 Å². The number of halogens is 1. The van der Waals surface area contributed by atoms with Gasteiger partial charge in [0.25, 0.3) is 0 Å². The Morgan fingerprint density at radius 1 is 1.38 bits per heavy atom. The van der Waals surface area contributed by atoms with Gasteiger partial charge in [-0.1, -0.05) is 18.2 Å². The second-order valence-corrected chi connectivity index (χ2v) is 5.96. The van der Waals surface area contributed by atoms with Gasteiger partial charge in [0.1, 0.15) is 10.7 Å². The average Bonchev–Trinajstić information content (AvgIpc) is 3.17. The zero-order chi connectivity index (χ0) is 14.7. The molecule has 1 atom stereocenters. The molecule has 0 saturated carbocycles. The van der Waals surface area contributed by atoms with Crippen LogP contribution < -0.4 is 0 Å². The van der Waals surface area contributed by atoms with Gasteiger partial charge in [0.15, 0.2) is 0 Å². The minimum Gasteiger partial charge on any atom is -0.254 e. The van der Waals surface area contributed by atoms with Gasteiger partial charge in [-0.3, -0.25) is 4.98 Å². The van der Waals surface area contributed by atoms with E-state index in [-0.39, 0.29) is 5.38 Å². The number of pyridine rings is 1. The molecule has 0 aliphatic carbocycles. The van der Waals surface area contributed by atoms with E-state index < -0.39 is 0 Å². The van der Waals surface area contributed by atoms with Crippen LogP contribution in [0.2, 0.25) is 0 Å². The Labute approximate surface area is 131 Å². The van der Waals surface area contributed by atoms with E-state index in [1.165, 1.54) is 0 Å².